The van der Waals surface area contributed by atoms with E-state index in [4.69, 9.17) is 16.3 Å². The van der Waals surface area contributed by atoms with Crippen LogP contribution in [0.3, 0.4) is 0 Å². The van der Waals surface area contributed by atoms with E-state index in [1.54, 1.807) is 12.3 Å². The molecular weight excluding hydrogens is 289 g/mol. The summed E-state index contributed by atoms with van der Waals surface area (Å²) in [6.07, 6.45) is 1.70. The third-order valence-electron chi connectivity index (χ3n) is 2.03. The Morgan fingerprint density at radius 1 is 1.19 bits per heavy atom. The predicted octanol–water partition coefficient (Wildman–Crippen LogP) is 4.08. The molecule has 0 saturated carbocycles. The molecular formula is C12H9BrClNO. The summed E-state index contributed by atoms with van der Waals surface area (Å²) in [5, 5.41) is 0.708. The first-order chi connectivity index (χ1) is 7.75. The second-order valence-electron chi connectivity index (χ2n) is 3.19. The minimum absolute atomic E-state index is 0.425. The summed E-state index contributed by atoms with van der Waals surface area (Å²) in [5.41, 5.74) is 0.953. The summed E-state index contributed by atoms with van der Waals surface area (Å²) in [5.74, 6) is 0.586. The van der Waals surface area contributed by atoms with E-state index in [2.05, 4.69) is 20.9 Å². The molecule has 0 amide bonds. The highest BCUT2D eigenvalue weighted by atomic mass is 79.9. The lowest BCUT2D eigenvalue weighted by Gasteiger charge is -2.06. The van der Waals surface area contributed by atoms with Crippen LogP contribution in [0.15, 0.2) is 47.1 Å². The van der Waals surface area contributed by atoms with Crippen molar-refractivity contribution in [3.8, 4) is 5.88 Å². The highest BCUT2D eigenvalue weighted by molar-refractivity contribution is 9.10. The number of ether oxygens (including phenoxy) is 1. The fourth-order valence-corrected chi connectivity index (χ4v) is 1.64. The van der Waals surface area contributed by atoms with Gasteiger partial charge in [-0.3, -0.25) is 0 Å². The second kappa shape index (κ2) is 5.32. The summed E-state index contributed by atoms with van der Waals surface area (Å²) in [6, 6.07) is 11.3. The number of halogens is 2. The lowest BCUT2D eigenvalue weighted by molar-refractivity contribution is 0.294. The molecule has 0 aliphatic heterocycles. The van der Waals surface area contributed by atoms with Crippen molar-refractivity contribution in [1.82, 2.24) is 4.98 Å². The normalized spacial score (nSPS) is 10.1. The third-order valence-corrected chi connectivity index (χ3v) is 2.87. The number of nitrogens with zero attached hydrogens (tertiary/aromatic N) is 1. The molecule has 0 atom stereocenters. The van der Waals surface area contributed by atoms with Gasteiger partial charge < -0.3 is 4.74 Å². The molecule has 82 valence electrons. The molecule has 4 heteroatoms. The molecule has 0 bridgehead atoms. The molecule has 0 aliphatic carbocycles. The van der Waals surface area contributed by atoms with Crippen LogP contribution in [0.4, 0.5) is 0 Å². The van der Waals surface area contributed by atoms with E-state index in [0.29, 0.717) is 17.5 Å². The molecule has 1 aromatic carbocycles. The zero-order valence-corrected chi connectivity index (χ0v) is 10.7. The predicted molar refractivity (Wildman–Crippen MR) is 67.7 cm³/mol. The maximum Gasteiger partial charge on any atom is 0.213 e. The van der Waals surface area contributed by atoms with Crippen molar-refractivity contribution in [3.63, 3.8) is 0 Å². The zero-order valence-electron chi connectivity index (χ0n) is 8.36. The molecule has 16 heavy (non-hydrogen) atoms. The smallest absolute Gasteiger partial charge is 0.213 e. The highest BCUT2D eigenvalue weighted by Crippen LogP contribution is 2.18. The van der Waals surface area contributed by atoms with Crippen molar-refractivity contribution in [2.24, 2.45) is 0 Å². The number of benzene rings is 1. The van der Waals surface area contributed by atoms with Crippen LogP contribution >= 0.6 is 27.5 Å². The first-order valence-corrected chi connectivity index (χ1v) is 5.90. The number of hydrogen-bond donors (Lipinski definition) is 0. The van der Waals surface area contributed by atoms with Crippen molar-refractivity contribution in [2.45, 2.75) is 6.61 Å². The molecule has 1 aromatic heterocycles. The van der Waals surface area contributed by atoms with Gasteiger partial charge >= 0.3 is 0 Å². The Bertz CT molecular complexity index is 473. The summed E-state index contributed by atoms with van der Waals surface area (Å²) in [6.45, 7) is 0.425. The SMILES string of the molecule is Clc1ccccc1COc1ccc(Br)cn1. The van der Waals surface area contributed by atoms with Gasteiger partial charge in [0.25, 0.3) is 0 Å². The van der Waals surface area contributed by atoms with Gasteiger partial charge in [-0.05, 0) is 28.1 Å². The van der Waals surface area contributed by atoms with Gasteiger partial charge in [0.05, 0.1) is 0 Å². The summed E-state index contributed by atoms with van der Waals surface area (Å²) >= 11 is 9.32. The number of rotatable bonds is 3. The Morgan fingerprint density at radius 2 is 2.00 bits per heavy atom. The molecule has 0 saturated heterocycles. The van der Waals surface area contributed by atoms with E-state index >= 15 is 0 Å². The topological polar surface area (TPSA) is 22.1 Å². The van der Waals surface area contributed by atoms with Crippen molar-refractivity contribution >= 4 is 27.5 Å². The standard InChI is InChI=1S/C12H9BrClNO/c13-10-5-6-12(15-7-10)16-8-9-3-1-2-4-11(9)14/h1-7H,8H2. The molecule has 0 unspecified atom stereocenters. The molecule has 2 nitrogen and oxygen atoms in total. The molecule has 0 spiro atoms. The molecule has 0 fully saturated rings. The number of pyridine rings is 1. The van der Waals surface area contributed by atoms with E-state index < -0.39 is 0 Å². The van der Waals surface area contributed by atoms with Crippen LogP contribution in [0.2, 0.25) is 5.02 Å². The first kappa shape index (κ1) is 11.4. The van der Waals surface area contributed by atoms with Crippen molar-refractivity contribution in [2.75, 3.05) is 0 Å². The zero-order chi connectivity index (χ0) is 11.4. The minimum Gasteiger partial charge on any atom is -0.473 e. The second-order valence-corrected chi connectivity index (χ2v) is 4.52. The molecule has 0 aliphatic rings. The van der Waals surface area contributed by atoms with Gasteiger partial charge in [0.15, 0.2) is 0 Å². The number of hydrogen-bond acceptors (Lipinski definition) is 2. The Labute approximate surface area is 107 Å². The molecule has 1 heterocycles. The van der Waals surface area contributed by atoms with Crippen LogP contribution in [0, 0.1) is 0 Å². The van der Waals surface area contributed by atoms with Crippen molar-refractivity contribution in [3.05, 3.63) is 57.7 Å². The maximum absolute atomic E-state index is 6.01. The Morgan fingerprint density at radius 3 is 2.69 bits per heavy atom. The van der Waals surface area contributed by atoms with E-state index in [1.165, 1.54) is 0 Å². The average Bonchev–Trinajstić information content (AvgIpc) is 2.30. The Hall–Kier alpha value is -1.06. The van der Waals surface area contributed by atoms with E-state index in [-0.39, 0.29) is 0 Å². The molecule has 0 N–H and O–H groups in total. The fraction of sp³-hybridized carbons (Fsp3) is 0.0833. The summed E-state index contributed by atoms with van der Waals surface area (Å²) in [4.78, 5) is 4.11. The van der Waals surface area contributed by atoms with Gasteiger partial charge in [-0.15, -0.1) is 0 Å². The summed E-state index contributed by atoms with van der Waals surface area (Å²) < 4.78 is 6.44. The minimum atomic E-state index is 0.425. The Balaban J connectivity index is 2.02. The van der Waals surface area contributed by atoms with Crippen LogP contribution in [0.5, 0.6) is 5.88 Å². The maximum atomic E-state index is 6.01. The summed E-state index contributed by atoms with van der Waals surface area (Å²) in [7, 11) is 0. The highest BCUT2D eigenvalue weighted by Gasteiger charge is 2.00. The van der Waals surface area contributed by atoms with Crippen LogP contribution in [-0.4, -0.2) is 4.98 Å². The molecule has 2 rings (SSSR count). The lowest BCUT2D eigenvalue weighted by atomic mass is 10.2. The van der Waals surface area contributed by atoms with Crippen molar-refractivity contribution < 1.29 is 4.74 Å². The van der Waals surface area contributed by atoms with Crippen LogP contribution in [-0.2, 0) is 6.61 Å². The fourth-order valence-electron chi connectivity index (χ4n) is 1.21. The van der Waals surface area contributed by atoms with Gasteiger partial charge in [0.1, 0.15) is 6.61 Å². The Kier molecular flexibility index (Phi) is 3.80. The first-order valence-electron chi connectivity index (χ1n) is 4.73. The molecule has 0 radical (unpaired) electrons. The van der Waals surface area contributed by atoms with Gasteiger partial charge in [0, 0.05) is 27.3 Å². The van der Waals surface area contributed by atoms with E-state index in [0.717, 1.165) is 10.0 Å². The van der Waals surface area contributed by atoms with Crippen molar-refractivity contribution in [1.29, 1.82) is 0 Å². The van der Waals surface area contributed by atoms with Gasteiger partial charge in [0.2, 0.25) is 5.88 Å². The van der Waals surface area contributed by atoms with Crippen LogP contribution in [0.1, 0.15) is 5.56 Å². The largest absolute Gasteiger partial charge is 0.473 e. The van der Waals surface area contributed by atoms with Crippen LogP contribution in [0.25, 0.3) is 0 Å². The average molecular weight is 299 g/mol. The quantitative estimate of drug-likeness (QED) is 0.852. The van der Waals surface area contributed by atoms with Gasteiger partial charge in [-0.25, -0.2) is 4.98 Å². The van der Waals surface area contributed by atoms with E-state index in [1.807, 2.05) is 30.3 Å². The molecule has 2 aromatic rings. The number of aromatic nitrogens is 1. The van der Waals surface area contributed by atoms with Crippen LogP contribution < -0.4 is 4.74 Å². The van der Waals surface area contributed by atoms with E-state index in [9.17, 15) is 0 Å². The van der Waals surface area contributed by atoms with Gasteiger partial charge in [-0.2, -0.15) is 0 Å². The lowest BCUT2D eigenvalue weighted by Crippen LogP contribution is -1.97. The van der Waals surface area contributed by atoms with Gasteiger partial charge in [-0.1, -0.05) is 29.8 Å². The monoisotopic (exact) mass is 297 g/mol. The third kappa shape index (κ3) is 2.97.